The highest BCUT2D eigenvalue weighted by atomic mass is 32.2. The number of sulfonamides is 1. The van der Waals surface area contributed by atoms with Crippen molar-refractivity contribution in [2.45, 2.75) is 4.90 Å². The zero-order chi connectivity index (χ0) is 15.1. The molecular weight excluding hydrogens is 286 g/mol. The Morgan fingerprint density at radius 3 is 2.33 bits per heavy atom. The van der Waals surface area contributed by atoms with Crippen LogP contribution < -0.4 is 9.46 Å². The molecule has 0 bridgehead atoms. The molecule has 0 saturated carbocycles. The second-order valence-electron chi connectivity index (χ2n) is 4.17. The summed E-state index contributed by atoms with van der Waals surface area (Å²) in [6.45, 7) is 0.0588. The zero-order valence-electron chi connectivity index (χ0n) is 11.5. The van der Waals surface area contributed by atoms with Crippen LogP contribution in [-0.4, -0.2) is 22.1 Å². The van der Waals surface area contributed by atoms with E-state index in [4.69, 9.17) is 4.74 Å². The Bertz CT molecular complexity index is 742. The lowest BCUT2D eigenvalue weighted by molar-refractivity contribution is 0.415. The van der Waals surface area contributed by atoms with Gasteiger partial charge in [0, 0.05) is 5.56 Å². The van der Waals surface area contributed by atoms with Crippen LogP contribution in [0.5, 0.6) is 5.75 Å². The summed E-state index contributed by atoms with van der Waals surface area (Å²) in [5.41, 5.74) is 0.801. The van der Waals surface area contributed by atoms with Crippen LogP contribution in [0, 0.1) is 11.8 Å². The fraction of sp³-hybridized carbons (Fsp3) is 0.125. The van der Waals surface area contributed by atoms with E-state index in [1.54, 1.807) is 49.6 Å². The first-order chi connectivity index (χ1) is 10.1. The minimum atomic E-state index is -3.50. The molecule has 0 aliphatic heterocycles. The Kier molecular flexibility index (Phi) is 4.99. The fourth-order valence-electron chi connectivity index (χ4n) is 1.63. The Labute approximate surface area is 124 Å². The standard InChI is InChI=1S/C16H15NO3S/c1-20-15-11-9-14(10-12-15)6-5-13-17-21(18,19)16-7-3-2-4-8-16/h2-4,7-12,17H,13H2,1H3. The van der Waals surface area contributed by atoms with Gasteiger partial charge in [-0.05, 0) is 36.4 Å². The molecule has 2 aromatic carbocycles. The minimum absolute atomic E-state index is 0.0588. The molecule has 0 heterocycles. The largest absolute Gasteiger partial charge is 0.497 e. The second kappa shape index (κ2) is 6.93. The molecule has 0 aliphatic rings. The van der Waals surface area contributed by atoms with E-state index < -0.39 is 10.0 Å². The third-order valence-electron chi connectivity index (χ3n) is 2.73. The minimum Gasteiger partial charge on any atom is -0.497 e. The summed E-state index contributed by atoms with van der Waals surface area (Å²) in [4.78, 5) is 0.233. The van der Waals surface area contributed by atoms with Crippen molar-refractivity contribution in [3.8, 4) is 17.6 Å². The van der Waals surface area contributed by atoms with Crippen molar-refractivity contribution in [3.05, 3.63) is 60.2 Å². The van der Waals surface area contributed by atoms with Gasteiger partial charge < -0.3 is 4.74 Å². The van der Waals surface area contributed by atoms with Gasteiger partial charge in [-0.15, -0.1) is 0 Å². The average molecular weight is 301 g/mol. The van der Waals surface area contributed by atoms with Crippen LogP contribution in [0.4, 0.5) is 0 Å². The van der Waals surface area contributed by atoms with E-state index in [1.807, 2.05) is 12.1 Å². The van der Waals surface area contributed by atoms with Crippen LogP contribution in [-0.2, 0) is 10.0 Å². The van der Waals surface area contributed by atoms with E-state index in [-0.39, 0.29) is 11.4 Å². The van der Waals surface area contributed by atoms with Crippen molar-refractivity contribution in [2.75, 3.05) is 13.7 Å². The second-order valence-corrected chi connectivity index (χ2v) is 5.93. The van der Waals surface area contributed by atoms with Crippen molar-refractivity contribution >= 4 is 10.0 Å². The molecule has 2 rings (SSSR count). The number of rotatable bonds is 4. The summed E-state index contributed by atoms with van der Waals surface area (Å²) < 4.78 is 31.4. The van der Waals surface area contributed by atoms with Crippen molar-refractivity contribution in [1.82, 2.24) is 4.72 Å². The van der Waals surface area contributed by atoms with Gasteiger partial charge in [0.2, 0.25) is 10.0 Å². The number of nitrogens with one attached hydrogen (secondary N) is 1. The topological polar surface area (TPSA) is 55.4 Å². The lowest BCUT2D eigenvalue weighted by Gasteiger charge is -2.02. The highest BCUT2D eigenvalue weighted by Gasteiger charge is 2.10. The maximum Gasteiger partial charge on any atom is 0.241 e. The first-order valence-electron chi connectivity index (χ1n) is 6.29. The third-order valence-corrected chi connectivity index (χ3v) is 4.14. The van der Waals surface area contributed by atoms with Gasteiger partial charge in [0.25, 0.3) is 0 Å². The molecule has 0 aromatic heterocycles. The van der Waals surface area contributed by atoms with Gasteiger partial charge in [0.05, 0.1) is 18.6 Å². The molecule has 0 fully saturated rings. The van der Waals surface area contributed by atoms with E-state index in [2.05, 4.69) is 16.6 Å². The van der Waals surface area contributed by atoms with Gasteiger partial charge in [-0.3, -0.25) is 0 Å². The Hall–Kier alpha value is -2.29. The molecule has 5 heteroatoms. The quantitative estimate of drug-likeness (QED) is 0.879. The van der Waals surface area contributed by atoms with Gasteiger partial charge in [0.1, 0.15) is 5.75 Å². The maximum atomic E-state index is 11.9. The van der Waals surface area contributed by atoms with E-state index in [0.29, 0.717) is 0 Å². The number of ether oxygens (including phenoxy) is 1. The van der Waals surface area contributed by atoms with Crippen molar-refractivity contribution in [1.29, 1.82) is 0 Å². The molecule has 0 amide bonds. The van der Waals surface area contributed by atoms with Gasteiger partial charge in [0.15, 0.2) is 0 Å². The first-order valence-corrected chi connectivity index (χ1v) is 7.78. The van der Waals surface area contributed by atoms with E-state index in [9.17, 15) is 8.42 Å². The number of methoxy groups -OCH3 is 1. The fourth-order valence-corrected chi connectivity index (χ4v) is 2.58. The molecule has 1 N–H and O–H groups in total. The van der Waals surface area contributed by atoms with E-state index in [0.717, 1.165) is 11.3 Å². The van der Waals surface area contributed by atoms with Gasteiger partial charge in [-0.1, -0.05) is 30.0 Å². The Balaban J connectivity index is 1.97. The zero-order valence-corrected chi connectivity index (χ0v) is 12.4. The molecule has 0 atom stereocenters. The summed E-state index contributed by atoms with van der Waals surface area (Å²) in [6.07, 6.45) is 0. The van der Waals surface area contributed by atoms with E-state index >= 15 is 0 Å². The monoisotopic (exact) mass is 301 g/mol. The smallest absolute Gasteiger partial charge is 0.241 e. The molecule has 108 valence electrons. The third kappa shape index (κ3) is 4.35. The summed E-state index contributed by atoms with van der Waals surface area (Å²) in [7, 11) is -1.90. The SMILES string of the molecule is COc1ccc(C#CCNS(=O)(=O)c2ccccc2)cc1. The predicted octanol–water partition coefficient (Wildman–Crippen LogP) is 2.03. The molecule has 0 aliphatic carbocycles. The summed E-state index contributed by atoms with van der Waals surface area (Å²) in [5.74, 6) is 6.43. The number of hydrogen-bond acceptors (Lipinski definition) is 3. The first kappa shape index (κ1) is 15.1. The Morgan fingerprint density at radius 2 is 1.71 bits per heavy atom. The molecule has 2 aromatic rings. The molecule has 0 unspecified atom stereocenters. The van der Waals surface area contributed by atoms with Crippen molar-refractivity contribution in [3.63, 3.8) is 0 Å². The van der Waals surface area contributed by atoms with Crippen molar-refractivity contribution < 1.29 is 13.2 Å². The van der Waals surface area contributed by atoms with Crippen LogP contribution >= 0.6 is 0 Å². The Morgan fingerprint density at radius 1 is 1.05 bits per heavy atom. The summed E-state index contributed by atoms with van der Waals surface area (Å²) in [6, 6.07) is 15.4. The van der Waals surface area contributed by atoms with Crippen LogP contribution in [0.15, 0.2) is 59.5 Å². The highest BCUT2D eigenvalue weighted by molar-refractivity contribution is 7.89. The molecule has 0 radical (unpaired) electrons. The van der Waals surface area contributed by atoms with Crippen molar-refractivity contribution in [2.24, 2.45) is 0 Å². The molecule has 4 nitrogen and oxygen atoms in total. The average Bonchev–Trinajstić information content (AvgIpc) is 2.53. The van der Waals surface area contributed by atoms with Crippen LogP contribution in [0.3, 0.4) is 0 Å². The van der Waals surface area contributed by atoms with Gasteiger partial charge >= 0.3 is 0 Å². The highest BCUT2D eigenvalue weighted by Crippen LogP contribution is 2.10. The van der Waals surface area contributed by atoms with Gasteiger partial charge in [-0.25, -0.2) is 8.42 Å². The predicted molar refractivity (Wildman–Crippen MR) is 81.5 cm³/mol. The molecule has 21 heavy (non-hydrogen) atoms. The van der Waals surface area contributed by atoms with E-state index in [1.165, 1.54) is 0 Å². The molecular formula is C16H15NO3S. The van der Waals surface area contributed by atoms with Crippen LogP contribution in [0.25, 0.3) is 0 Å². The van der Waals surface area contributed by atoms with Crippen LogP contribution in [0.1, 0.15) is 5.56 Å². The number of benzene rings is 2. The lowest BCUT2D eigenvalue weighted by atomic mass is 10.2. The normalized spacial score (nSPS) is 10.5. The summed E-state index contributed by atoms with van der Waals surface area (Å²) >= 11 is 0. The number of hydrogen-bond donors (Lipinski definition) is 1. The maximum absolute atomic E-state index is 11.9. The van der Waals surface area contributed by atoms with Gasteiger partial charge in [-0.2, -0.15) is 4.72 Å². The lowest BCUT2D eigenvalue weighted by Crippen LogP contribution is -2.23. The molecule has 0 spiro atoms. The molecule has 0 saturated heterocycles. The van der Waals surface area contributed by atoms with Crippen LogP contribution in [0.2, 0.25) is 0 Å². The summed E-state index contributed by atoms with van der Waals surface area (Å²) in [5, 5.41) is 0.